The second kappa shape index (κ2) is 8.63. The summed E-state index contributed by atoms with van der Waals surface area (Å²) in [5.74, 6) is 0.0871. The van der Waals surface area contributed by atoms with E-state index in [1.807, 2.05) is 0 Å². The van der Waals surface area contributed by atoms with Crippen LogP contribution in [0.4, 0.5) is 0 Å². The SMILES string of the molecule is CC(C)(C)C(CCO)NCC(=O)NC1CCCCCC1. The molecule has 0 aromatic carbocycles. The summed E-state index contributed by atoms with van der Waals surface area (Å²) in [6, 6.07) is 0.519. The highest BCUT2D eigenvalue weighted by molar-refractivity contribution is 5.78. The van der Waals surface area contributed by atoms with Crippen molar-refractivity contribution < 1.29 is 9.90 Å². The molecule has 4 nitrogen and oxygen atoms in total. The van der Waals surface area contributed by atoms with Gasteiger partial charge in [-0.2, -0.15) is 0 Å². The minimum atomic E-state index is 0.0470. The van der Waals surface area contributed by atoms with Gasteiger partial charge in [-0.15, -0.1) is 0 Å². The minimum absolute atomic E-state index is 0.0470. The summed E-state index contributed by atoms with van der Waals surface area (Å²) < 4.78 is 0. The Balaban J connectivity index is 2.33. The number of rotatable bonds is 6. The summed E-state index contributed by atoms with van der Waals surface area (Å²) >= 11 is 0. The van der Waals surface area contributed by atoms with E-state index in [1.54, 1.807) is 0 Å². The molecule has 1 amide bonds. The average molecular weight is 284 g/mol. The van der Waals surface area contributed by atoms with Crippen molar-refractivity contribution in [1.29, 1.82) is 0 Å². The molecular weight excluding hydrogens is 252 g/mol. The third-order valence-corrected chi connectivity index (χ3v) is 4.19. The number of hydrogen-bond donors (Lipinski definition) is 3. The van der Waals surface area contributed by atoms with Crippen molar-refractivity contribution >= 4 is 5.91 Å². The van der Waals surface area contributed by atoms with Crippen molar-refractivity contribution in [1.82, 2.24) is 10.6 Å². The molecule has 3 N–H and O–H groups in total. The van der Waals surface area contributed by atoms with E-state index >= 15 is 0 Å². The largest absolute Gasteiger partial charge is 0.396 e. The molecule has 1 aliphatic rings. The zero-order chi connectivity index (χ0) is 15.0. The first-order valence-corrected chi connectivity index (χ1v) is 8.07. The molecule has 1 fully saturated rings. The van der Waals surface area contributed by atoms with Crippen LogP contribution in [0.15, 0.2) is 0 Å². The fourth-order valence-electron chi connectivity index (χ4n) is 2.89. The number of aliphatic hydroxyl groups excluding tert-OH is 1. The second-order valence-corrected chi connectivity index (χ2v) is 7.07. The number of carbonyl (C=O) groups is 1. The molecule has 1 unspecified atom stereocenters. The van der Waals surface area contributed by atoms with E-state index in [0.717, 1.165) is 12.8 Å². The lowest BCUT2D eigenvalue weighted by Gasteiger charge is -2.31. The molecule has 4 heteroatoms. The first-order chi connectivity index (χ1) is 9.43. The Bertz CT molecular complexity index is 279. The lowest BCUT2D eigenvalue weighted by molar-refractivity contribution is -0.121. The Morgan fingerprint density at radius 1 is 1.20 bits per heavy atom. The third-order valence-electron chi connectivity index (χ3n) is 4.19. The summed E-state index contributed by atoms with van der Waals surface area (Å²) in [5, 5.41) is 15.6. The molecule has 0 aromatic heterocycles. The summed E-state index contributed by atoms with van der Waals surface area (Å²) in [6.45, 7) is 6.88. The van der Waals surface area contributed by atoms with Gasteiger partial charge in [0, 0.05) is 18.7 Å². The quantitative estimate of drug-likeness (QED) is 0.655. The zero-order valence-corrected chi connectivity index (χ0v) is 13.4. The Labute approximate surface area is 123 Å². The topological polar surface area (TPSA) is 61.4 Å². The highest BCUT2D eigenvalue weighted by atomic mass is 16.3. The maximum Gasteiger partial charge on any atom is 0.234 e. The normalized spacial score (nSPS) is 19.4. The highest BCUT2D eigenvalue weighted by Gasteiger charge is 2.24. The first kappa shape index (κ1) is 17.4. The van der Waals surface area contributed by atoms with Gasteiger partial charge in [0.25, 0.3) is 0 Å². The van der Waals surface area contributed by atoms with Gasteiger partial charge in [-0.3, -0.25) is 4.79 Å². The number of aliphatic hydroxyl groups is 1. The van der Waals surface area contributed by atoms with Gasteiger partial charge in [-0.05, 0) is 24.7 Å². The third kappa shape index (κ3) is 6.71. The van der Waals surface area contributed by atoms with Crippen LogP contribution >= 0.6 is 0 Å². The van der Waals surface area contributed by atoms with E-state index in [0.29, 0.717) is 19.0 Å². The van der Waals surface area contributed by atoms with Gasteiger partial charge in [0.1, 0.15) is 0 Å². The summed E-state index contributed by atoms with van der Waals surface area (Å²) in [4.78, 5) is 12.0. The van der Waals surface area contributed by atoms with E-state index < -0.39 is 0 Å². The maximum absolute atomic E-state index is 12.0. The van der Waals surface area contributed by atoms with Gasteiger partial charge >= 0.3 is 0 Å². The monoisotopic (exact) mass is 284 g/mol. The molecule has 0 aromatic rings. The van der Waals surface area contributed by atoms with Crippen LogP contribution in [0.1, 0.15) is 65.7 Å². The fraction of sp³-hybridized carbons (Fsp3) is 0.938. The molecule has 1 rings (SSSR count). The van der Waals surface area contributed by atoms with E-state index in [1.165, 1.54) is 25.7 Å². The van der Waals surface area contributed by atoms with Crippen LogP contribution in [0.3, 0.4) is 0 Å². The van der Waals surface area contributed by atoms with Crippen LogP contribution < -0.4 is 10.6 Å². The lowest BCUT2D eigenvalue weighted by Crippen LogP contribution is -2.47. The van der Waals surface area contributed by atoms with Gasteiger partial charge in [0.05, 0.1) is 6.54 Å². The van der Waals surface area contributed by atoms with Gasteiger partial charge in [-0.1, -0.05) is 46.5 Å². The van der Waals surface area contributed by atoms with Crippen molar-refractivity contribution in [2.45, 2.75) is 77.8 Å². The van der Waals surface area contributed by atoms with Crippen LogP contribution in [-0.4, -0.2) is 36.2 Å². The number of carbonyl (C=O) groups excluding carboxylic acids is 1. The van der Waals surface area contributed by atoms with Gasteiger partial charge in [0.15, 0.2) is 0 Å². The molecule has 0 spiro atoms. The predicted molar refractivity (Wildman–Crippen MR) is 82.6 cm³/mol. The van der Waals surface area contributed by atoms with Gasteiger partial charge in [-0.25, -0.2) is 0 Å². The van der Waals surface area contributed by atoms with Crippen molar-refractivity contribution in [3.8, 4) is 0 Å². The molecule has 0 saturated heterocycles. The van der Waals surface area contributed by atoms with Crippen molar-refractivity contribution in [3.05, 3.63) is 0 Å². The van der Waals surface area contributed by atoms with Gasteiger partial charge in [0.2, 0.25) is 5.91 Å². The second-order valence-electron chi connectivity index (χ2n) is 7.07. The molecule has 0 radical (unpaired) electrons. The van der Waals surface area contributed by atoms with E-state index in [4.69, 9.17) is 5.11 Å². The van der Waals surface area contributed by atoms with Crippen LogP contribution in [0.5, 0.6) is 0 Å². The van der Waals surface area contributed by atoms with Crippen molar-refractivity contribution in [2.75, 3.05) is 13.2 Å². The van der Waals surface area contributed by atoms with Crippen molar-refractivity contribution in [3.63, 3.8) is 0 Å². The molecule has 0 heterocycles. The first-order valence-electron chi connectivity index (χ1n) is 8.07. The molecule has 0 bridgehead atoms. The maximum atomic E-state index is 12.0. The van der Waals surface area contributed by atoms with Crippen LogP contribution in [-0.2, 0) is 4.79 Å². The molecule has 0 aliphatic heterocycles. The Morgan fingerprint density at radius 3 is 2.30 bits per heavy atom. The predicted octanol–water partition coefficient (Wildman–Crippen LogP) is 2.21. The Hall–Kier alpha value is -0.610. The molecular formula is C16H32N2O2. The van der Waals surface area contributed by atoms with Crippen LogP contribution in [0, 0.1) is 5.41 Å². The van der Waals surface area contributed by atoms with E-state index in [2.05, 4.69) is 31.4 Å². The van der Waals surface area contributed by atoms with Crippen LogP contribution in [0.25, 0.3) is 0 Å². The molecule has 1 saturated carbocycles. The van der Waals surface area contributed by atoms with Crippen molar-refractivity contribution in [2.24, 2.45) is 5.41 Å². The molecule has 1 atom stereocenters. The standard InChI is InChI=1S/C16H32N2O2/c1-16(2,3)14(10-11-19)17-12-15(20)18-13-8-6-4-5-7-9-13/h13-14,17,19H,4-12H2,1-3H3,(H,18,20). The Kier molecular flexibility index (Phi) is 7.52. The lowest BCUT2D eigenvalue weighted by atomic mass is 9.85. The number of hydrogen-bond acceptors (Lipinski definition) is 3. The Morgan fingerprint density at radius 2 is 1.80 bits per heavy atom. The summed E-state index contributed by atoms with van der Waals surface area (Å²) in [6.07, 6.45) is 7.97. The smallest absolute Gasteiger partial charge is 0.234 e. The summed E-state index contributed by atoms with van der Waals surface area (Å²) in [5.41, 5.74) is 0.0470. The molecule has 118 valence electrons. The zero-order valence-electron chi connectivity index (χ0n) is 13.4. The number of nitrogens with one attached hydrogen (secondary N) is 2. The fourth-order valence-corrected chi connectivity index (χ4v) is 2.89. The van der Waals surface area contributed by atoms with Gasteiger partial charge < -0.3 is 15.7 Å². The van der Waals surface area contributed by atoms with E-state index in [-0.39, 0.29) is 24.0 Å². The average Bonchev–Trinajstić information content (AvgIpc) is 2.61. The highest BCUT2D eigenvalue weighted by Crippen LogP contribution is 2.21. The number of amides is 1. The summed E-state index contributed by atoms with van der Waals surface area (Å²) in [7, 11) is 0. The van der Waals surface area contributed by atoms with Crippen LogP contribution in [0.2, 0.25) is 0 Å². The molecule has 1 aliphatic carbocycles. The van der Waals surface area contributed by atoms with E-state index in [9.17, 15) is 4.79 Å². The minimum Gasteiger partial charge on any atom is -0.396 e. The molecule has 20 heavy (non-hydrogen) atoms.